The van der Waals surface area contributed by atoms with Crippen molar-refractivity contribution >= 4 is 40.0 Å². The molecule has 8 rings (SSSR count). The largest absolute Gasteiger partial charge is 0.310 e. The predicted molar refractivity (Wildman–Crippen MR) is 244 cm³/mol. The zero-order valence-corrected chi connectivity index (χ0v) is 34.4. The zero-order valence-electron chi connectivity index (χ0n) is 34.4. The van der Waals surface area contributed by atoms with Crippen molar-refractivity contribution in [3.8, 4) is 22.3 Å². The number of fused-ring (bicyclic) bond motifs is 4. The second-order valence-electron chi connectivity index (χ2n) is 17.7. The van der Waals surface area contributed by atoms with Crippen molar-refractivity contribution in [2.45, 2.75) is 84.5 Å². The quantitative estimate of drug-likeness (QED) is 0.141. The van der Waals surface area contributed by atoms with Crippen LogP contribution in [0.15, 0.2) is 152 Å². The van der Waals surface area contributed by atoms with Crippen LogP contribution in [-0.4, -0.2) is 0 Å². The van der Waals surface area contributed by atoms with Crippen LogP contribution in [0.4, 0.5) is 17.1 Å². The summed E-state index contributed by atoms with van der Waals surface area (Å²) in [7, 11) is 0. The van der Waals surface area contributed by atoms with Crippen LogP contribution in [0.25, 0.3) is 45.2 Å². The van der Waals surface area contributed by atoms with Crippen LogP contribution in [-0.2, 0) is 16.2 Å². The molecule has 1 aliphatic carbocycles. The highest BCUT2D eigenvalue weighted by molar-refractivity contribution is 5.98. The molecule has 280 valence electrons. The number of rotatable bonds is 8. The lowest BCUT2D eigenvalue weighted by atomic mass is 9.73. The SMILES string of the molecule is CCC1(CC)c2cc(/C=C/c3ccc(-c4cc(C(C)(C)C)cc5ccc(C(C)(C)C)cc45)cc3)ccc2-c2ccc(N(c3ccccc3)c3ccccc3)cc21. The highest BCUT2D eigenvalue weighted by Gasteiger charge is 2.41. The lowest BCUT2D eigenvalue weighted by Crippen LogP contribution is -2.23. The third-order valence-electron chi connectivity index (χ3n) is 12.2. The number of para-hydroxylation sites is 2. The molecular weight excluding hydrogens is 675 g/mol. The topological polar surface area (TPSA) is 3.24 Å². The van der Waals surface area contributed by atoms with E-state index in [2.05, 4.69) is 224 Å². The van der Waals surface area contributed by atoms with Crippen LogP contribution in [0, 0.1) is 0 Å². The Kier molecular flexibility index (Phi) is 9.61. The first kappa shape index (κ1) is 37.3. The van der Waals surface area contributed by atoms with E-state index in [0.717, 1.165) is 24.2 Å². The van der Waals surface area contributed by atoms with Gasteiger partial charge in [0.05, 0.1) is 0 Å². The fourth-order valence-electron chi connectivity index (χ4n) is 8.82. The van der Waals surface area contributed by atoms with Crippen molar-refractivity contribution in [3.05, 3.63) is 185 Å². The minimum atomic E-state index is -0.0531. The summed E-state index contributed by atoms with van der Waals surface area (Å²) in [5, 5.41) is 2.63. The zero-order chi connectivity index (χ0) is 39.2. The molecular formula is C55H55N. The van der Waals surface area contributed by atoms with Gasteiger partial charge in [0.15, 0.2) is 0 Å². The average molecular weight is 730 g/mol. The molecule has 56 heavy (non-hydrogen) atoms. The van der Waals surface area contributed by atoms with Gasteiger partial charge in [-0.05, 0) is 133 Å². The summed E-state index contributed by atoms with van der Waals surface area (Å²) < 4.78 is 0. The minimum Gasteiger partial charge on any atom is -0.310 e. The van der Waals surface area contributed by atoms with Crippen molar-refractivity contribution in [2.75, 3.05) is 4.90 Å². The number of nitrogens with zero attached hydrogens (tertiary/aromatic N) is 1. The highest BCUT2D eigenvalue weighted by Crippen LogP contribution is 2.54. The van der Waals surface area contributed by atoms with Gasteiger partial charge in [0.25, 0.3) is 0 Å². The van der Waals surface area contributed by atoms with E-state index in [1.165, 1.54) is 72.1 Å². The normalized spacial score (nSPS) is 13.6. The van der Waals surface area contributed by atoms with Crippen molar-refractivity contribution in [1.29, 1.82) is 0 Å². The molecule has 0 unspecified atom stereocenters. The first-order chi connectivity index (χ1) is 26.9. The molecule has 1 nitrogen and oxygen atoms in total. The summed E-state index contributed by atoms with van der Waals surface area (Å²) in [6.45, 7) is 18.5. The second-order valence-corrected chi connectivity index (χ2v) is 17.7. The Morgan fingerprint density at radius 1 is 0.464 bits per heavy atom. The third-order valence-corrected chi connectivity index (χ3v) is 12.2. The number of anilines is 3. The Morgan fingerprint density at radius 3 is 1.61 bits per heavy atom. The van der Waals surface area contributed by atoms with E-state index in [1.807, 2.05) is 0 Å². The smallest absolute Gasteiger partial charge is 0.0465 e. The molecule has 7 aromatic carbocycles. The monoisotopic (exact) mass is 729 g/mol. The summed E-state index contributed by atoms with van der Waals surface area (Å²) in [6.07, 6.45) is 6.64. The molecule has 1 aliphatic rings. The van der Waals surface area contributed by atoms with E-state index in [-0.39, 0.29) is 16.2 Å². The lowest BCUT2D eigenvalue weighted by molar-refractivity contribution is 0.490. The van der Waals surface area contributed by atoms with Gasteiger partial charge in [-0.15, -0.1) is 0 Å². The molecule has 0 aliphatic heterocycles. The molecule has 0 saturated heterocycles. The first-order valence-electron chi connectivity index (χ1n) is 20.5. The van der Waals surface area contributed by atoms with Crippen LogP contribution >= 0.6 is 0 Å². The van der Waals surface area contributed by atoms with Crippen molar-refractivity contribution in [1.82, 2.24) is 0 Å². The first-order valence-corrected chi connectivity index (χ1v) is 20.5. The van der Waals surface area contributed by atoms with E-state index in [0.29, 0.717) is 0 Å². The molecule has 0 amide bonds. The van der Waals surface area contributed by atoms with Gasteiger partial charge < -0.3 is 4.90 Å². The Bertz CT molecular complexity index is 2500. The fraction of sp³-hybridized carbons (Fsp3) is 0.236. The lowest BCUT2D eigenvalue weighted by Gasteiger charge is -2.32. The summed E-state index contributed by atoms with van der Waals surface area (Å²) in [4.78, 5) is 2.38. The fourth-order valence-corrected chi connectivity index (χ4v) is 8.82. The maximum atomic E-state index is 2.46. The molecule has 0 radical (unpaired) electrons. The summed E-state index contributed by atoms with van der Waals surface area (Å²) in [5.41, 5.74) is 16.9. The molecule has 0 fully saturated rings. The van der Waals surface area contributed by atoms with Crippen molar-refractivity contribution in [3.63, 3.8) is 0 Å². The van der Waals surface area contributed by atoms with E-state index in [1.54, 1.807) is 0 Å². The molecule has 0 spiro atoms. The van der Waals surface area contributed by atoms with Gasteiger partial charge in [-0.1, -0.05) is 177 Å². The number of hydrogen-bond donors (Lipinski definition) is 0. The third kappa shape index (κ3) is 6.79. The Balaban J connectivity index is 1.12. The van der Waals surface area contributed by atoms with Gasteiger partial charge in [-0.3, -0.25) is 0 Å². The van der Waals surface area contributed by atoms with Crippen molar-refractivity contribution < 1.29 is 0 Å². The molecule has 0 N–H and O–H groups in total. The van der Waals surface area contributed by atoms with E-state index in [9.17, 15) is 0 Å². The van der Waals surface area contributed by atoms with Crippen LogP contribution in [0.1, 0.15) is 102 Å². The minimum absolute atomic E-state index is 0.0531. The van der Waals surface area contributed by atoms with E-state index >= 15 is 0 Å². The molecule has 7 aromatic rings. The maximum Gasteiger partial charge on any atom is 0.0465 e. The average Bonchev–Trinajstić information content (AvgIpc) is 3.48. The molecule has 0 aromatic heterocycles. The molecule has 0 atom stereocenters. The van der Waals surface area contributed by atoms with Gasteiger partial charge in [0, 0.05) is 22.5 Å². The molecule has 0 saturated carbocycles. The maximum absolute atomic E-state index is 2.46. The Hall–Kier alpha value is -5.66. The van der Waals surface area contributed by atoms with Gasteiger partial charge in [0.2, 0.25) is 0 Å². The Morgan fingerprint density at radius 2 is 1.02 bits per heavy atom. The van der Waals surface area contributed by atoms with Crippen molar-refractivity contribution in [2.24, 2.45) is 0 Å². The van der Waals surface area contributed by atoms with E-state index in [4.69, 9.17) is 0 Å². The highest BCUT2D eigenvalue weighted by atomic mass is 15.1. The van der Waals surface area contributed by atoms with Crippen LogP contribution in [0.5, 0.6) is 0 Å². The summed E-state index contributed by atoms with van der Waals surface area (Å²) >= 11 is 0. The Labute approximate surface area is 335 Å². The summed E-state index contributed by atoms with van der Waals surface area (Å²) in [6, 6.07) is 56.6. The van der Waals surface area contributed by atoms with Gasteiger partial charge in [0.1, 0.15) is 0 Å². The van der Waals surface area contributed by atoms with Gasteiger partial charge >= 0.3 is 0 Å². The number of benzene rings is 7. The number of hydrogen-bond acceptors (Lipinski definition) is 1. The van der Waals surface area contributed by atoms with Crippen LogP contribution in [0.3, 0.4) is 0 Å². The standard InChI is InChI=1S/C55H55N/c1-9-55(10-2)51-33-39(25-31-47(51)48-32-30-46(37-52(48)55)56(44-17-13-11-14-18-44)45-19-15-12-16-20-45)22-21-38-23-26-40(27-24-38)49-36-43(54(6,7)8)34-41-28-29-42(35-50(41)49)53(3,4)5/h11-37H,9-10H2,1-8H3/b22-21+. The summed E-state index contributed by atoms with van der Waals surface area (Å²) in [5.74, 6) is 0. The van der Waals surface area contributed by atoms with E-state index < -0.39 is 0 Å². The van der Waals surface area contributed by atoms with Gasteiger partial charge in [-0.25, -0.2) is 0 Å². The van der Waals surface area contributed by atoms with Gasteiger partial charge in [-0.2, -0.15) is 0 Å². The molecule has 1 heteroatoms. The van der Waals surface area contributed by atoms with Crippen LogP contribution in [0.2, 0.25) is 0 Å². The second kappa shape index (κ2) is 14.4. The molecule has 0 bridgehead atoms. The predicted octanol–water partition coefficient (Wildman–Crippen LogP) is 15.8. The molecule has 0 heterocycles. The van der Waals surface area contributed by atoms with Crippen LogP contribution < -0.4 is 4.90 Å².